The molecule has 0 radical (unpaired) electrons. The van der Waals surface area contributed by atoms with E-state index < -0.39 is 5.54 Å². The molecule has 1 amide bonds. The monoisotopic (exact) mass is 207 g/mol. The van der Waals surface area contributed by atoms with Gasteiger partial charge in [0.2, 0.25) is 5.91 Å². The standard InChI is InChI=1S/C11H17N3O/c1-2-5-13-6-8-14(9-7-13)10(15)11(12)3-4-11/h1H,3-9,12H2. The second-order valence-corrected chi connectivity index (χ2v) is 4.43. The summed E-state index contributed by atoms with van der Waals surface area (Å²) in [6.45, 7) is 3.94. The third-order valence-corrected chi connectivity index (χ3v) is 3.19. The molecule has 82 valence electrons. The lowest BCUT2D eigenvalue weighted by molar-refractivity contribution is -0.135. The van der Waals surface area contributed by atoms with Crippen molar-refractivity contribution in [3.63, 3.8) is 0 Å². The number of nitrogens with zero attached hydrogens (tertiary/aromatic N) is 2. The molecule has 4 heteroatoms. The van der Waals surface area contributed by atoms with Gasteiger partial charge in [0.1, 0.15) is 0 Å². The average molecular weight is 207 g/mol. The third-order valence-electron chi connectivity index (χ3n) is 3.19. The van der Waals surface area contributed by atoms with Gasteiger partial charge >= 0.3 is 0 Å². The average Bonchev–Trinajstić information content (AvgIpc) is 2.99. The first-order chi connectivity index (χ1) is 7.15. The van der Waals surface area contributed by atoms with E-state index in [9.17, 15) is 4.79 Å². The minimum absolute atomic E-state index is 0.128. The zero-order valence-electron chi connectivity index (χ0n) is 8.91. The van der Waals surface area contributed by atoms with Gasteiger partial charge in [-0.1, -0.05) is 5.92 Å². The second kappa shape index (κ2) is 3.84. The van der Waals surface area contributed by atoms with Crippen molar-refractivity contribution in [2.75, 3.05) is 32.7 Å². The number of hydrogen-bond donors (Lipinski definition) is 1. The molecule has 0 aromatic heterocycles. The summed E-state index contributed by atoms with van der Waals surface area (Å²) in [5.74, 6) is 2.75. The van der Waals surface area contributed by atoms with Crippen LogP contribution in [0.2, 0.25) is 0 Å². The Labute approximate surface area is 90.4 Å². The van der Waals surface area contributed by atoms with Crippen molar-refractivity contribution in [2.24, 2.45) is 5.73 Å². The van der Waals surface area contributed by atoms with Crippen LogP contribution in [0, 0.1) is 12.3 Å². The fourth-order valence-corrected chi connectivity index (χ4v) is 1.90. The van der Waals surface area contributed by atoms with Crippen molar-refractivity contribution in [3.8, 4) is 12.3 Å². The molecule has 1 saturated carbocycles. The summed E-state index contributed by atoms with van der Waals surface area (Å²) >= 11 is 0. The van der Waals surface area contributed by atoms with Crippen LogP contribution < -0.4 is 5.73 Å². The zero-order chi connectivity index (χ0) is 10.9. The number of terminal acetylenes is 1. The highest BCUT2D eigenvalue weighted by atomic mass is 16.2. The molecule has 1 aliphatic carbocycles. The van der Waals surface area contributed by atoms with E-state index in [1.807, 2.05) is 4.90 Å². The Hall–Kier alpha value is -1.05. The maximum Gasteiger partial charge on any atom is 0.242 e. The number of hydrogen-bond acceptors (Lipinski definition) is 3. The van der Waals surface area contributed by atoms with Crippen molar-refractivity contribution in [2.45, 2.75) is 18.4 Å². The molecule has 0 atom stereocenters. The topological polar surface area (TPSA) is 49.6 Å². The van der Waals surface area contributed by atoms with Crippen LogP contribution in [0.5, 0.6) is 0 Å². The number of piperazine rings is 1. The quantitative estimate of drug-likeness (QED) is 0.606. The maximum atomic E-state index is 11.9. The Kier molecular flexibility index (Phi) is 2.68. The van der Waals surface area contributed by atoms with E-state index in [1.54, 1.807) is 0 Å². The highest BCUT2D eigenvalue weighted by Gasteiger charge is 2.48. The minimum atomic E-state index is -0.520. The van der Waals surface area contributed by atoms with Gasteiger partial charge in [0, 0.05) is 26.2 Å². The molecule has 1 saturated heterocycles. The van der Waals surface area contributed by atoms with Gasteiger partial charge < -0.3 is 10.6 Å². The van der Waals surface area contributed by atoms with E-state index in [0.29, 0.717) is 6.54 Å². The number of rotatable bonds is 2. The van der Waals surface area contributed by atoms with E-state index in [1.165, 1.54) is 0 Å². The van der Waals surface area contributed by atoms with Crippen LogP contribution in [0.1, 0.15) is 12.8 Å². The number of amides is 1. The van der Waals surface area contributed by atoms with E-state index in [4.69, 9.17) is 12.2 Å². The minimum Gasteiger partial charge on any atom is -0.339 e. The van der Waals surface area contributed by atoms with E-state index in [2.05, 4.69) is 10.8 Å². The van der Waals surface area contributed by atoms with E-state index >= 15 is 0 Å². The van der Waals surface area contributed by atoms with E-state index in [-0.39, 0.29) is 5.91 Å². The largest absolute Gasteiger partial charge is 0.339 e. The number of nitrogens with two attached hydrogens (primary N) is 1. The number of carbonyl (C=O) groups is 1. The van der Waals surface area contributed by atoms with Crippen LogP contribution in [0.4, 0.5) is 0 Å². The molecule has 2 aliphatic rings. The van der Waals surface area contributed by atoms with E-state index in [0.717, 1.165) is 39.0 Å². The highest BCUT2D eigenvalue weighted by molar-refractivity contribution is 5.89. The van der Waals surface area contributed by atoms with Crippen LogP contribution in [0.15, 0.2) is 0 Å². The van der Waals surface area contributed by atoms with Crippen LogP contribution in [0.25, 0.3) is 0 Å². The second-order valence-electron chi connectivity index (χ2n) is 4.43. The lowest BCUT2D eigenvalue weighted by Crippen LogP contribution is -2.54. The molecule has 4 nitrogen and oxygen atoms in total. The molecular weight excluding hydrogens is 190 g/mol. The number of carbonyl (C=O) groups excluding carboxylic acids is 1. The molecule has 1 heterocycles. The Morgan fingerprint density at radius 2 is 1.93 bits per heavy atom. The highest BCUT2D eigenvalue weighted by Crippen LogP contribution is 2.34. The van der Waals surface area contributed by atoms with Gasteiger partial charge in [-0.15, -0.1) is 6.42 Å². The van der Waals surface area contributed by atoms with Crippen LogP contribution in [-0.4, -0.2) is 54.0 Å². The predicted octanol–water partition coefficient (Wildman–Crippen LogP) is -0.745. The van der Waals surface area contributed by atoms with Gasteiger partial charge in [-0.3, -0.25) is 9.69 Å². The molecular formula is C11H17N3O. The molecule has 0 spiro atoms. The summed E-state index contributed by atoms with van der Waals surface area (Å²) < 4.78 is 0. The lowest BCUT2D eigenvalue weighted by atomic mass is 10.2. The summed E-state index contributed by atoms with van der Waals surface area (Å²) in [6, 6.07) is 0. The molecule has 0 unspecified atom stereocenters. The smallest absolute Gasteiger partial charge is 0.242 e. The maximum absolute atomic E-state index is 11.9. The lowest BCUT2D eigenvalue weighted by Gasteiger charge is -2.35. The van der Waals surface area contributed by atoms with Gasteiger partial charge in [0.05, 0.1) is 12.1 Å². The molecule has 0 aromatic carbocycles. The first kappa shape index (κ1) is 10.5. The van der Waals surface area contributed by atoms with Gasteiger partial charge in [-0.05, 0) is 12.8 Å². The summed E-state index contributed by atoms with van der Waals surface area (Å²) in [4.78, 5) is 15.9. The molecule has 0 aromatic rings. The van der Waals surface area contributed by atoms with Gasteiger partial charge in [-0.2, -0.15) is 0 Å². The molecule has 1 aliphatic heterocycles. The molecule has 0 bridgehead atoms. The SMILES string of the molecule is C#CCN1CCN(C(=O)C2(N)CC2)CC1. The first-order valence-electron chi connectivity index (χ1n) is 5.40. The molecule has 2 rings (SSSR count). The van der Waals surface area contributed by atoms with Crippen LogP contribution in [0.3, 0.4) is 0 Å². The summed E-state index contributed by atoms with van der Waals surface area (Å²) in [5.41, 5.74) is 5.36. The van der Waals surface area contributed by atoms with Gasteiger partial charge in [0.15, 0.2) is 0 Å². The predicted molar refractivity (Wildman–Crippen MR) is 58.0 cm³/mol. The summed E-state index contributed by atoms with van der Waals surface area (Å²) in [7, 11) is 0. The molecule has 2 fully saturated rings. The Morgan fingerprint density at radius 1 is 1.33 bits per heavy atom. The Morgan fingerprint density at radius 3 is 2.40 bits per heavy atom. The van der Waals surface area contributed by atoms with Crippen molar-refractivity contribution in [3.05, 3.63) is 0 Å². The van der Waals surface area contributed by atoms with Crippen molar-refractivity contribution in [1.29, 1.82) is 0 Å². The van der Waals surface area contributed by atoms with Crippen LogP contribution >= 0.6 is 0 Å². The third kappa shape index (κ3) is 2.14. The Bertz CT molecular complexity index is 295. The fourth-order valence-electron chi connectivity index (χ4n) is 1.90. The summed E-state index contributed by atoms with van der Waals surface area (Å²) in [6.07, 6.45) is 6.93. The van der Waals surface area contributed by atoms with Gasteiger partial charge in [-0.25, -0.2) is 0 Å². The van der Waals surface area contributed by atoms with Crippen molar-refractivity contribution < 1.29 is 4.79 Å². The van der Waals surface area contributed by atoms with Crippen molar-refractivity contribution in [1.82, 2.24) is 9.80 Å². The summed E-state index contributed by atoms with van der Waals surface area (Å²) in [5, 5.41) is 0. The van der Waals surface area contributed by atoms with Crippen molar-refractivity contribution >= 4 is 5.91 Å². The molecule has 15 heavy (non-hydrogen) atoms. The van der Waals surface area contributed by atoms with Gasteiger partial charge in [0.25, 0.3) is 0 Å². The fraction of sp³-hybridized carbons (Fsp3) is 0.727. The normalized spacial score (nSPS) is 24.7. The Balaban J connectivity index is 1.83. The van der Waals surface area contributed by atoms with Crippen LogP contribution in [-0.2, 0) is 4.79 Å². The molecule has 2 N–H and O–H groups in total. The zero-order valence-corrected chi connectivity index (χ0v) is 8.91. The first-order valence-corrected chi connectivity index (χ1v) is 5.40.